The predicted octanol–water partition coefficient (Wildman–Crippen LogP) is 2.37. The van der Waals surface area contributed by atoms with Gasteiger partial charge in [0.2, 0.25) is 0 Å². The molecule has 5 heteroatoms. The zero-order chi connectivity index (χ0) is 14.3. The molecule has 0 saturated heterocycles. The van der Waals surface area contributed by atoms with Crippen molar-refractivity contribution in [1.29, 1.82) is 0 Å². The lowest BCUT2D eigenvalue weighted by Crippen LogP contribution is -2.40. The van der Waals surface area contributed by atoms with E-state index in [0.29, 0.717) is 19.3 Å². The number of rotatable bonds is 7. The van der Waals surface area contributed by atoms with Crippen LogP contribution >= 0.6 is 0 Å². The quantitative estimate of drug-likeness (QED) is 0.587. The molecule has 0 aliphatic rings. The molecule has 102 valence electrons. The van der Waals surface area contributed by atoms with Crippen molar-refractivity contribution in [3.63, 3.8) is 0 Å². The average Bonchev–Trinajstić information content (AvgIpc) is 2.37. The fourth-order valence-corrected chi connectivity index (χ4v) is 1.59. The molecule has 0 aliphatic carbocycles. The smallest absolute Gasteiger partial charge is 0.326 e. The third kappa shape index (κ3) is 4.91. The molecule has 0 unspecified atom stereocenters. The molecular formula is C14H16FNO3. The van der Waals surface area contributed by atoms with Crippen molar-refractivity contribution in [2.75, 3.05) is 0 Å². The van der Waals surface area contributed by atoms with Gasteiger partial charge in [0.15, 0.2) is 0 Å². The minimum Gasteiger partial charge on any atom is -0.480 e. The molecule has 4 nitrogen and oxygen atoms in total. The summed E-state index contributed by atoms with van der Waals surface area (Å²) >= 11 is 0. The second-order valence-corrected chi connectivity index (χ2v) is 4.09. The van der Waals surface area contributed by atoms with E-state index in [0.717, 1.165) is 6.07 Å². The Bertz CT molecular complexity index is 474. The minimum absolute atomic E-state index is 0.106. The highest BCUT2D eigenvalue weighted by Gasteiger charge is 2.20. The Labute approximate surface area is 110 Å². The summed E-state index contributed by atoms with van der Waals surface area (Å²) in [6, 6.07) is 4.14. The Balaban J connectivity index is 2.65. The third-order valence-corrected chi connectivity index (χ3v) is 2.59. The van der Waals surface area contributed by atoms with Gasteiger partial charge in [-0.2, -0.15) is 0 Å². The maximum Gasteiger partial charge on any atom is 0.326 e. The zero-order valence-electron chi connectivity index (χ0n) is 10.4. The standard InChI is InChI=1S/C14H16FNO3/c1-2-3-4-8-12(14(18)19)16-13(17)10-6-5-7-11(15)9-10/h2,5-7,9,12H,1,3-4,8H2,(H,16,17)(H,18,19)/t12-/m1/s1. The van der Waals surface area contributed by atoms with Gasteiger partial charge in [-0.25, -0.2) is 9.18 Å². The van der Waals surface area contributed by atoms with Crippen LogP contribution in [0.4, 0.5) is 4.39 Å². The monoisotopic (exact) mass is 265 g/mol. The van der Waals surface area contributed by atoms with E-state index in [4.69, 9.17) is 5.11 Å². The number of benzene rings is 1. The number of amides is 1. The molecule has 19 heavy (non-hydrogen) atoms. The number of carbonyl (C=O) groups is 2. The maximum absolute atomic E-state index is 13.0. The lowest BCUT2D eigenvalue weighted by molar-refractivity contribution is -0.139. The van der Waals surface area contributed by atoms with Gasteiger partial charge in [-0.05, 0) is 37.5 Å². The summed E-state index contributed by atoms with van der Waals surface area (Å²) in [6.45, 7) is 3.54. The predicted molar refractivity (Wildman–Crippen MR) is 69.3 cm³/mol. The van der Waals surface area contributed by atoms with E-state index in [1.54, 1.807) is 6.08 Å². The second-order valence-electron chi connectivity index (χ2n) is 4.09. The van der Waals surface area contributed by atoms with E-state index < -0.39 is 23.7 Å². The number of carboxylic acid groups (broad SMARTS) is 1. The highest BCUT2D eigenvalue weighted by Crippen LogP contribution is 2.06. The van der Waals surface area contributed by atoms with Crippen LogP contribution in [-0.4, -0.2) is 23.0 Å². The summed E-state index contributed by atoms with van der Waals surface area (Å²) in [5, 5.41) is 11.4. The van der Waals surface area contributed by atoms with Crippen molar-refractivity contribution >= 4 is 11.9 Å². The van der Waals surface area contributed by atoms with Crippen molar-refractivity contribution in [2.45, 2.75) is 25.3 Å². The number of halogens is 1. The molecule has 0 fully saturated rings. The van der Waals surface area contributed by atoms with Crippen LogP contribution in [0.3, 0.4) is 0 Å². The highest BCUT2D eigenvalue weighted by molar-refractivity contribution is 5.96. The normalized spacial score (nSPS) is 11.6. The molecular weight excluding hydrogens is 249 g/mol. The molecule has 0 heterocycles. The number of unbranched alkanes of at least 4 members (excludes halogenated alkanes) is 1. The molecule has 0 bridgehead atoms. The Morgan fingerprint density at radius 1 is 1.47 bits per heavy atom. The van der Waals surface area contributed by atoms with Gasteiger partial charge in [0.05, 0.1) is 0 Å². The van der Waals surface area contributed by atoms with Crippen LogP contribution in [0.15, 0.2) is 36.9 Å². The van der Waals surface area contributed by atoms with E-state index in [2.05, 4.69) is 11.9 Å². The van der Waals surface area contributed by atoms with Gasteiger partial charge < -0.3 is 10.4 Å². The van der Waals surface area contributed by atoms with Crippen molar-refractivity contribution < 1.29 is 19.1 Å². The van der Waals surface area contributed by atoms with E-state index in [1.165, 1.54) is 18.2 Å². The highest BCUT2D eigenvalue weighted by atomic mass is 19.1. The zero-order valence-corrected chi connectivity index (χ0v) is 10.4. The Morgan fingerprint density at radius 2 is 2.21 bits per heavy atom. The van der Waals surface area contributed by atoms with Crippen LogP contribution in [0.25, 0.3) is 0 Å². The number of hydrogen-bond acceptors (Lipinski definition) is 2. The molecule has 0 aromatic heterocycles. The number of hydrogen-bond donors (Lipinski definition) is 2. The van der Waals surface area contributed by atoms with Gasteiger partial charge in [0.25, 0.3) is 5.91 Å². The number of carbonyl (C=O) groups excluding carboxylic acids is 1. The van der Waals surface area contributed by atoms with E-state index in [-0.39, 0.29) is 5.56 Å². The molecule has 0 radical (unpaired) electrons. The van der Waals surface area contributed by atoms with Crippen molar-refractivity contribution in [3.05, 3.63) is 48.3 Å². The minimum atomic E-state index is -1.10. The lowest BCUT2D eigenvalue weighted by atomic mass is 10.1. The number of carboxylic acids is 1. The molecule has 0 aliphatic heterocycles. The second kappa shape index (κ2) is 7.31. The lowest BCUT2D eigenvalue weighted by Gasteiger charge is -2.14. The molecule has 0 saturated carbocycles. The van der Waals surface area contributed by atoms with Gasteiger partial charge in [-0.15, -0.1) is 6.58 Å². The molecule has 2 N–H and O–H groups in total. The SMILES string of the molecule is C=CCCC[C@@H](NC(=O)c1cccc(F)c1)C(=O)O. The fourth-order valence-electron chi connectivity index (χ4n) is 1.59. The third-order valence-electron chi connectivity index (χ3n) is 2.59. The molecule has 1 atom stereocenters. The molecule has 1 amide bonds. The van der Waals surface area contributed by atoms with Crippen LogP contribution in [0, 0.1) is 5.82 Å². The van der Waals surface area contributed by atoms with E-state index in [1.807, 2.05) is 0 Å². The van der Waals surface area contributed by atoms with Crippen LogP contribution in [0.1, 0.15) is 29.6 Å². The topological polar surface area (TPSA) is 66.4 Å². The van der Waals surface area contributed by atoms with Gasteiger partial charge in [0.1, 0.15) is 11.9 Å². The molecule has 0 spiro atoms. The summed E-state index contributed by atoms with van der Waals surface area (Å²) in [5.74, 6) is -2.23. The average molecular weight is 265 g/mol. The van der Waals surface area contributed by atoms with Crippen molar-refractivity contribution in [1.82, 2.24) is 5.32 Å². The fraction of sp³-hybridized carbons (Fsp3) is 0.286. The summed E-state index contributed by atoms with van der Waals surface area (Å²) in [5.41, 5.74) is 0.106. The summed E-state index contributed by atoms with van der Waals surface area (Å²) in [7, 11) is 0. The number of allylic oxidation sites excluding steroid dienone is 1. The van der Waals surface area contributed by atoms with Gasteiger partial charge >= 0.3 is 5.97 Å². The Morgan fingerprint density at radius 3 is 2.79 bits per heavy atom. The largest absolute Gasteiger partial charge is 0.480 e. The molecule has 1 rings (SSSR count). The van der Waals surface area contributed by atoms with Crippen LogP contribution < -0.4 is 5.32 Å². The molecule has 1 aromatic rings. The van der Waals surface area contributed by atoms with E-state index in [9.17, 15) is 14.0 Å². The first-order valence-electron chi connectivity index (χ1n) is 5.94. The Hall–Kier alpha value is -2.17. The molecule has 1 aromatic carbocycles. The number of nitrogens with one attached hydrogen (secondary N) is 1. The summed E-state index contributed by atoms with van der Waals surface area (Å²) < 4.78 is 13.0. The Kier molecular flexibility index (Phi) is 5.73. The maximum atomic E-state index is 13.0. The van der Waals surface area contributed by atoms with Gasteiger partial charge in [-0.1, -0.05) is 12.1 Å². The number of aliphatic carboxylic acids is 1. The van der Waals surface area contributed by atoms with Crippen LogP contribution in [0.5, 0.6) is 0 Å². The first-order valence-corrected chi connectivity index (χ1v) is 5.94. The van der Waals surface area contributed by atoms with Gasteiger partial charge in [-0.3, -0.25) is 4.79 Å². The van der Waals surface area contributed by atoms with Crippen molar-refractivity contribution in [2.24, 2.45) is 0 Å². The summed E-state index contributed by atoms with van der Waals surface area (Å²) in [4.78, 5) is 22.8. The summed E-state index contributed by atoms with van der Waals surface area (Å²) in [6.07, 6.45) is 3.29. The van der Waals surface area contributed by atoms with Gasteiger partial charge in [0, 0.05) is 5.56 Å². The van der Waals surface area contributed by atoms with Crippen LogP contribution in [0.2, 0.25) is 0 Å². The van der Waals surface area contributed by atoms with Crippen LogP contribution in [-0.2, 0) is 4.79 Å². The first kappa shape index (κ1) is 14.9. The van der Waals surface area contributed by atoms with Crippen molar-refractivity contribution in [3.8, 4) is 0 Å². The van der Waals surface area contributed by atoms with E-state index >= 15 is 0 Å². The first-order chi connectivity index (χ1) is 9.04.